The molecule has 4 amide bonds. The minimum Gasteiger partial charge on any atom is -0.353 e. The molecule has 0 atom stereocenters. The van der Waals surface area contributed by atoms with Gasteiger partial charge in [-0.3, -0.25) is 19.2 Å². The maximum absolute atomic E-state index is 12.7. The fraction of sp³-hybridized carbons (Fsp3) is 0.271. The molecule has 6 aromatic rings. The van der Waals surface area contributed by atoms with Crippen LogP contribution in [0, 0.1) is 0 Å². The van der Waals surface area contributed by atoms with E-state index in [-0.39, 0.29) is 28.8 Å². The Labute approximate surface area is 387 Å². The first-order valence-electron chi connectivity index (χ1n) is 21.2. The topological polar surface area (TPSA) is 144 Å². The quantitative estimate of drug-likeness (QED) is 0.0910. The van der Waals surface area contributed by atoms with Crippen LogP contribution in [0.5, 0.6) is 0 Å². The Bertz CT molecular complexity index is 2460. The average Bonchev–Trinajstić information content (AvgIpc) is 3.89. The van der Waals surface area contributed by atoms with Crippen molar-refractivity contribution >= 4 is 69.8 Å². The molecule has 2 saturated heterocycles. The summed E-state index contributed by atoms with van der Waals surface area (Å²) in [6, 6.07) is 32.3. The van der Waals surface area contributed by atoms with Gasteiger partial charge in [0.05, 0.1) is 21.6 Å². The van der Waals surface area contributed by atoms with Crippen LogP contribution in [-0.4, -0.2) is 114 Å². The number of nitrogens with zero attached hydrogens (tertiary/aromatic N) is 7. The number of aryl methyl sites for hydroxylation is 1. The summed E-state index contributed by atoms with van der Waals surface area (Å²) < 4.78 is 0. The second-order valence-electron chi connectivity index (χ2n) is 15.2. The lowest BCUT2D eigenvalue weighted by Gasteiger charge is -2.35. The molecule has 330 valence electrons. The average molecular weight is 919 g/mol. The number of hydrogen-bond acceptors (Lipinski definition) is 10. The summed E-state index contributed by atoms with van der Waals surface area (Å²) in [5.41, 5.74) is 3.84. The normalized spacial score (nSPS) is 13.7. The van der Waals surface area contributed by atoms with Gasteiger partial charge in [-0.15, -0.1) is 11.3 Å². The zero-order valence-corrected chi connectivity index (χ0v) is 37.6. The molecule has 2 aliphatic heterocycles. The Morgan fingerprint density at radius 3 is 1.75 bits per heavy atom. The van der Waals surface area contributed by atoms with Crippen LogP contribution in [0.4, 0.5) is 11.6 Å². The predicted molar refractivity (Wildman–Crippen MR) is 253 cm³/mol. The number of carbonyl (C=O) groups is 4. The van der Waals surface area contributed by atoms with Crippen molar-refractivity contribution in [2.24, 2.45) is 0 Å². The van der Waals surface area contributed by atoms with Crippen LogP contribution >= 0.6 is 34.5 Å². The van der Waals surface area contributed by atoms with E-state index in [1.54, 1.807) is 47.8 Å². The molecule has 0 spiro atoms. The molecule has 0 radical (unpaired) electrons. The zero-order chi connectivity index (χ0) is 44.7. The molecule has 8 rings (SSSR count). The van der Waals surface area contributed by atoms with Gasteiger partial charge in [-0.2, -0.15) is 0 Å². The standard InChI is InChI=1S/C25H26ClN5O2.C23H23ClN4O2S/c26-23-21(9-5-12-27-23)25(33)31-16-14-30(15-17-31)22-11-10-20(18-29-22)24(32)28-13-4-8-19-6-2-1-3-7-19;24-19-4-1-3-17(15-19)8-9-25-22(29)18-6-7-21(26-16-18)27-10-12-28(13-11-27)23(30)20-5-2-14-31-20/h1-3,5-7,9-12,18H,4,8,13-17H2,(H,28,32);1-7,14-16H,8-13H2,(H,25,29). The van der Waals surface area contributed by atoms with E-state index >= 15 is 0 Å². The molecule has 0 bridgehead atoms. The third-order valence-corrected chi connectivity index (χ3v) is 12.3. The van der Waals surface area contributed by atoms with E-state index in [4.69, 9.17) is 23.2 Å². The number of rotatable bonds is 13. The molecule has 0 unspecified atom stereocenters. The Hall–Kier alpha value is -6.35. The number of benzene rings is 2. The molecule has 4 aromatic heterocycles. The first-order chi connectivity index (χ1) is 31.2. The molecule has 2 aromatic carbocycles. The van der Waals surface area contributed by atoms with E-state index in [0.29, 0.717) is 80.5 Å². The third-order valence-electron chi connectivity index (χ3n) is 10.9. The summed E-state index contributed by atoms with van der Waals surface area (Å²) in [5, 5.41) is 8.71. The third kappa shape index (κ3) is 12.6. The number of carbonyl (C=O) groups excluding carboxylic acids is 4. The minimum absolute atomic E-state index is 0.0902. The second-order valence-corrected chi connectivity index (χ2v) is 16.9. The highest BCUT2D eigenvalue weighted by atomic mass is 35.5. The Balaban J connectivity index is 0.000000192. The summed E-state index contributed by atoms with van der Waals surface area (Å²) in [4.78, 5) is 71.5. The number of piperazine rings is 2. The number of hydrogen-bond donors (Lipinski definition) is 2. The van der Waals surface area contributed by atoms with Crippen LogP contribution in [0.1, 0.15) is 58.3 Å². The number of anilines is 2. The van der Waals surface area contributed by atoms with Crippen molar-refractivity contribution in [3.05, 3.63) is 170 Å². The van der Waals surface area contributed by atoms with Gasteiger partial charge < -0.3 is 30.2 Å². The lowest BCUT2D eigenvalue weighted by Crippen LogP contribution is -2.49. The lowest BCUT2D eigenvalue weighted by atomic mass is 10.1. The Morgan fingerprint density at radius 2 is 1.19 bits per heavy atom. The van der Waals surface area contributed by atoms with Crippen LogP contribution in [0.15, 0.2) is 127 Å². The van der Waals surface area contributed by atoms with Gasteiger partial charge in [0.2, 0.25) is 0 Å². The van der Waals surface area contributed by atoms with Crippen molar-refractivity contribution in [3.63, 3.8) is 0 Å². The molecule has 6 heterocycles. The number of aromatic nitrogens is 3. The highest BCUT2D eigenvalue weighted by Crippen LogP contribution is 2.20. The van der Waals surface area contributed by atoms with Crippen molar-refractivity contribution in [1.82, 2.24) is 35.4 Å². The van der Waals surface area contributed by atoms with Crippen LogP contribution in [-0.2, 0) is 12.8 Å². The van der Waals surface area contributed by atoms with Gasteiger partial charge in [0.1, 0.15) is 16.8 Å². The SMILES string of the molecule is O=C(NCCCc1ccccc1)c1ccc(N2CCN(C(=O)c3cccnc3Cl)CC2)nc1.O=C(NCCc1cccc(Cl)c1)c1ccc(N2CCN(C(=O)c3cccs3)CC2)nc1. The summed E-state index contributed by atoms with van der Waals surface area (Å²) in [7, 11) is 0. The summed E-state index contributed by atoms with van der Waals surface area (Å²) in [6.07, 6.45) is 7.31. The van der Waals surface area contributed by atoms with Crippen molar-refractivity contribution in [1.29, 1.82) is 0 Å². The second kappa shape index (κ2) is 22.8. The summed E-state index contributed by atoms with van der Waals surface area (Å²) in [6.45, 7) is 6.33. The minimum atomic E-state index is -0.146. The fourth-order valence-electron chi connectivity index (χ4n) is 7.32. The Kier molecular flexibility index (Phi) is 16.3. The van der Waals surface area contributed by atoms with E-state index in [2.05, 4.69) is 47.5 Å². The largest absolute Gasteiger partial charge is 0.353 e. The van der Waals surface area contributed by atoms with Gasteiger partial charge in [-0.25, -0.2) is 15.0 Å². The zero-order valence-electron chi connectivity index (χ0n) is 35.2. The number of pyridine rings is 3. The molecule has 0 saturated carbocycles. The van der Waals surface area contributed by atoms with Gasteiger partial charge in [0, 0.05) is 89.1 Å². The fourth-order valence-corrected chi connectivity index (χ4v) is 8.42. The molecule has 64 heavy (non-hydrogen) atoms. The molecule has 2 aliphatic rings. The molecule has 2 N–H and O–H groups in total. The molecule has 0 aliphatic carbocycles. The van der Waals surface area contributed by atoms with Crippen LogP contribution < -0.4 is 20.4 Å². The molecule has 2 fully saturated rings. The van der Waals surface area contributed by atoms with E-state index in [9.17, 15) is 19.2 Å². The lowest BCUT2D eigenvalue weighted by molar-refractivity contribution is 0.0741. The van der Waals surface area contributed by atoms with Gasteiger partial charge >= 0.3 is 0 Å². The molecule has 13 nitrogen and oxygen atoms in total. The highest BCUT2D eigenvalue weighted by Gasteiger charge is 2.26. The van der Waals surface area contributed by atoms with Gasteiger partial charge in [0.15, 0.2) is 0 Å². The first kappa shape index (κ1) is 45.7. The highest BCUT2D eigenvalue weighted by molar-refractivity contribution is 7.12. The van der Waals surface area contributed by atoms with E-state index in [0.717, 1.165) is 48.0 Å². The predicted octanol–water partition coefficient (Wildman–Crippen LogP) is 7.19. The van der Waals surface area contributed by atoms with Crippen LogP contribution in [0.2, 0.25) is 10.2 Å². The van der Waals surface area contributed by atoms with Gasteiger partial charge in [-0.1, -0.05) is 71.7 Å². The van der Waals surface area contributed by atoms with E-state index in [1.165, 1.54) is 16.9 Å². The van der Waals surface area contributed by atoms with Gasteiger partial charge in [-0.05, 0) is 90.4 Å². The van der Waals surface area contributed by atoms with E-state index in [1.807, 2.05) is 77.0 Å². The van der Waals surface area contributed by atoms with Crippen molar-refractivity contribution in [2.75, 3.05) is 75.2 Å². The molecule has 16 heteroatoms. The smallest absolute Gasteiger partial charge is 0.264 e. The summed E-state index contributed by atoms with van der Waals surface area (Å²) >= 11 is 13.5. The monoisotopic (exact) mass is 917 g/mol. The number of amides is 4. The van der Waals surface area contributed by atoms with E-state index < -0.39 is 0 Å². The molecular weight excluding hydrogens is 870 g/mol. The number of halogens is 2. The number of nitrogens with one attached hydrogen (secondary N) is 2. The maximum atomic E-state index is 12.7. The van der Waals surface area contributed by atoms with Crippen molar-refractivity contribution in [3.8, 4) is 0 Å². The van der Waals surface area contributed by atoms with Crippen LogP contribution in [0.3, 0.4) is 0 Å². The van der Waals surface area contributed by atoms with Crippen molar-refractivity contribution in [2.45, 2.75) is 19.3 Å². The van der Waals surface area contributed by atoms with Crippen molar-refractivity contribution < 1.29 is 19.2 Å². The maximum Gasteiger partial charge on any atom is 0.264 e. The molecular formula is C48H49Cl2N9O4S. The summed E-state index contributed by atoms with van der Waals surface area (Å²) in [5.74, 6) is 1.33. The van der Waals surface area contributed by atoms with Crippen LogP contribution in [0.25, 0.3) is 0 Å². The van der Waals surface area contributed by atoms with Gasteiger partial charge in [0.25, 0.3) is 23.6 Å². The first-order valence-corrected chi connectivity index (χ1v) is 22.8. The Morgan fingerprint density at radius 1 is 0.578 bits per heavy atom. The number of thiophene rings is 1.